The standard InChI is InChI=1S/C14H21N/c1-11(2)12-5-4-6-13(9-12)14-7-8-15(3)10-14/h4-6,9,11,14H,7-8,10H2,1-3H3. The number of rotatable bonds is 2. The van der Waals surface area contributed by atoms with Gasteiger partial charge in [-0.1, -0.05) is 38.1 Å². The van der Waals surface area contributed by atoms with E-state index < -0.39 is 0 Å². The summed E-state index contributed by atoms with van der Waals surface area (Å²) in [7, 11) is 2.21. The van der Waals surface area contributed by atoms with Gasteiger partial charge in [0.1, 0.15) is 0 Å². The number of nitrogens with zero attached hydrogens (tertiary/aromatic N) is 1. The maximum absolute atomic E-state index is 2.42. The second-order valence-corrected chi connectivity index (χ2v) is 5.07. The van der Waals surface area contributed by atoms with Gasteiger partial charge in [-0.3, -0.25) is 0 Å². The molecule has 0 N–H and O–H groups in total. The van der Waals surface area contributed by atoms with Crippen molar-refractivity contribution in [1.29, 1.82) is 0 Å². The van der Waals surface area contributed by atoms with Crippen molar-refractivity contribution in [2.45, 2.75) is 32.1 Å². The van der Waals surface area contributed by atoms with Crippen LogP contribution in [0.25, 0.3) is 0 Å². The van der Waals surface area contributed by atoms with Crippen LogP contribution in [0.2, 0.25) is 0 Å². The van der Waals surface area contributed by atoms with Gasteiger partial charge in [-0.15, -0.1) is 0 Å². The zero-order valence-corrected chi connectivity index (χ0v) is 10.0. The molecule has 1 saturated heterocycles. The van der Waals surface area contributed by atoms with Crippen molar-refractivity contribution in [3.8, 4) is 0 Å². The minimum absolute atomic E-state index is 0.643. The zero-order chi connectivity index (χ0) is 10.8. The molecule has 82 valence electrons. The van der Waals surface area contributed by atoms with Crippen molar-refractivity contribution in [3.63, 3.8) is 0 Å². The lowest BCUT2D eigenvalue weighted by atomic mass is 9.93. The minimum atomic E-state index is 0.643. The number of likely N-dealkylation sites (tertiary alicyclic amines) is 1. The Morgan fingerprint density at radius 2 is 2.13 bits per heavy atom. The van der Waals surface area contributed by atoms with Gasteiger partial charge in [0.25, 0.3) is 0 Å². The van der Waals surface area contributed by atoms with Gasteiger partial charge in [-0.05, 0) is 43.0 Å². The van der Waals surface area contributed by atoms with E-state index in [4.69, 9.17) is 0 Å². The van der Waals surface area contributed by atoms with Crippen LogP contribution in [0.4, 0.5) is 0 Å². The van der Waals surface area contributed by atoms with Gasteiger partial charge in [0.2, 0.25) is 0 Å². The molecule has 1 heteroatoms. The summed E-state index contributed by atoms with van der Waals surface area (Å²) in [6.45, 7) is 7.00. The van der Waals surface area contributed by atoms with Gasteiger partial charge in [0, 0.05) is 6.54 Å². The van der Waals surface area contributed by atoms with Crippen LogP contribution in [0.1, 0.15) is 43.2 Å². The Hall–Kier alpha value is -0.820. The second-order valence-electron chi connectivity index (χ2n) is 5.07. The molecule has 1 nitrogen and oxygen atoms in total. The van der Waals surface area contributed by atoms with Crippen LogP contribution in [0.5, 0.6) is 0 Å². The molecule has 0 saturated carbocycles. The molecule has 1 unspecified atom stereocenters. The first kappa shape index (κ1) is 10.7. The molecule has 0 aromatic heterocycles. The number of likely N-dealkylation sites (N-methyl/N-ethyl adjacent to an activating group) is 1. The Balaban J connectivity index is 2.18. The average Bonchev–Trinajstić information content (AvgIpc) is 2.65. The van der Waals surface area contributed by atoms with Crippen LogP contribution < -0.4 is 0 Å². The van der Waals surface area contributed by atoms with E-state index in [-0.39, 0.29) is 0 Å². The summed E-state index contributed by atoms with van der Waals surface area (Å²) in [6.07, 6.45) is 1.32. The molecule has 1 heterocycles. The average molecular weight is 203 g/mol. The molecule has 0 amide bonds. The van der Waals surface area contributed by atoms with Crippen molar-refractivity contribution in [2.24, 2.45) is 0 Å². The smallest absolute Gasteiger partial charge is 0.00477 e. The number of hydrogen-bond donors (Lipinski definition) is 0. The van der Waals surface area contributed by atoms with E-state index >= 15 is 0 Å². The summed E-state index contributed by atoms with van der Waals surface area (Å²) in [5, 5.41) is 0. The fourth-order valence-corrected chi connectivity index (χ4v) is 2.38. The summed E-state index contributed by atoms with van der Waals surface area (Å²) in [4.78, 5) is 2.42. The summed E-state index contributed by atoms with van der Waals surface area (Å²) in [5.41, 5.74) is 3.01. The molecule has 0 bridgehead atoms. The lowest BCUT2D eigenvalue weighted by Crippen LogP contribution is -2.13. The Morgan fingerprint density at radius 1 is 1.33 bits per heavy atom. The first-order valence-corrected chi connectivity index (χ1v) is 5.95. The highest BCUT2D eigenvalue weighted by Crippen LogP contribution is 2.28. The fourth-order valence-electron chi connectivity index (χ4n) is 2.38. The first-order chi connectivity index (χ1) is 7.16. The highest BCUT2D eigenvalue weighted by Gasteiger charge is 2.21. The topological polar surface area (TPSA) is 3.24 Å². The van der Waals surface area contributed by atoms with Crippen molar-refractivity contribution in [3.05, 3.63) is 35.4 Å². The molecule has 0 radical (unpaired) electrons. The predicted octanol–water partition coefficient (Wildman–Crippen LogP) is 3.23. The third-order valence-corrected chi connectivity index (χ3v) is 3.44. The maximum Gasteiger partial charge on any atom is 0.00477 e. The van der Waals surface area contributed by atoms with Gasteiger partial charge in [-0.2, -0.15) is 0 Å². The lowest BCUT2D eigenvalue weighted by Gasteiger charge is -2.13. The molecule has 1 fully saturated rings. The van der Waals surface area contributed by atoms with Crippen molar-refractivity contribution in [1.82, 2.24) is 4.90 Å². The van der Waals surface area contributed by atoms with E-state index in [1.54, 1.807) is 0 Å². The Labute approximate surface area is 93.1 Å². The summed E-state index contributed by atoms with van der Waals surface area (Å²) >= 11 is 0. The molecule has 1 aliphatic heterocycles. The van der Waals surface area contributed by atoms with Crippen LogP contribution in [0, 0.1) is 0 Å². The zero-order valence-electron chi connectivity index (χ0n) is 10.0. The van der Waals surface area contributed by atoms with Crippen LogP contribution in [-0.2, 0) is 0 Å². The maximum atomic E-state index is 2.42. The Bertz CT molecular complexity index is 330. The molecule has 1 atom stereocenters. The van der Waals surface area contributed by atoms with Gasteiger partial charge in [0.15, 0.2) is 0 Å². The third-order valence-electron chi connectivity index (χ3n) is 3.44. The number of benzene rings is 1. The van der Waals surface area contributed by atoms with Gasteiger partial charge < -0.3 is 4.90 Å². The van der Waals surface area contributed by atoms with Crippen LogP contribution in [0.3, 0.4) is 0 Å². The van der Waals surface area contributed by atoms with Gasteiger partial charge in [0.05, 0.1) is 0 Å². The molecule has 1 aliphatic rings. The van der Waals surface area contributed by atoms with Gasteiger partial charge in [-0.25, -0.2) is 0 Å². The summed E-state index contributed by atoms with van der Waals surface area (Å²) < 4.78 is 0. The van der Waals surface area contributed by atoms with E-state index in [1.807, 2.05) is 0 Å². The predicted molar refractivity (Wildman–Crippen MR) is 65.4 cm³/mol. The minimum Gasteiger partial charge on any atom is -0.306 e. The normalized spacial score (nSPS) is 22.5. The third kappa shape index (κ3) is 2.40. The Kier molecular flexibility index (Phi) is 3.11. The molecule has 2 rings (SSSR count). The largest absolute Gasteiger partial charge is 0.306 e. The van der Waals surface area contributed by atoms with Crippen LogP contribution >= 0.6 is 0 Å². The van der Waals surface area contributed by atoms with E-state index in [2.05, 4.69) is 50.1 Å². The van der Waals surface area contributed by atoms with Crippen molar-refractivity contribution < 1.29 is 0 Å². The summed E-state index contributed by atoms with van der Waals surface area (Å²) in [5.74, 6) is 1.40. The van der Waals surface area contributed by atoms with Crippen LogP contribution in [-0.4, -0.2) is 25.0 Å². The SMILES string of the molecule is CC(C)c1cccc(C2CCN(C)C2)c1. The van der Waals surface area contributed by atoms with Crippen molar-refractivity contribution >= 4 is 0 Å². The molecule has 15 heavy (non-hydrogen) atoms. The van der Waals surface area contributed by atoms with E-state index in [9.17, 15) is 0 Å². The quantitative estimate of drug-likeness (QED) is 0.713. The van der Waals surface area contributed by atoms with Crippen molar-refractivity contribution in [2.75, 3.05) is 20.1 Å². The second kappa shape index (κ2) is 4.36. The first-order valence-electron chi connectivity index (χ1n) is 5.95. The molecule has 1 aromatic rings. The number of hydrogen-bond acceptors (Lipinski definition) is 1. The summed E-state index contributed by atoms with van der Waals surface area (Å²) in [6, 6.07) is 9.14. The molecule has 1 aromatic carbocycles. The van der Waals surface area contributed by atoms with Gasteiger partial charge >= 0.3 is 0 Å². The van der Waals surface area contributed by atoms with Crippen LogP contribution in [0.15, 0.2) is 24.3 Å². The fraction of sp³-hybridized carbons (Fsp3) is 0.571. The highest BCUT2D eigenvalue weighted by molar-refractivity contribution is 5.29. The lowest BCUT2D eigenvalue weighted by molar-refractivity contribution is 0.411. The monoisotopic (exact) mass is 203 g/mol. The Morgan fingerprint density at radius 3 is 2.73 bits per heavy atom. The van der Waals surface area contributed by atoms with E-state index in [0.717, 1.165) is 5.92 Å². The molecule has 0 aliphatic carbocycles. The van der Waals surface area contributed by atoms with E-state index in [1.165, 1.54) is 30.6 Å². The molecular weight excluding hydrogens is 182 g/mol. The highest BCUT2D eigenvalue weighted by atomic mass is 15.1. The van der Waals surface area contributed by atoms with E-state index in [0.29, 0.717) is 5.92 Å². The molecular formula is C14H21N. The molecule has 0 spiro atoms.